The molecule has 33 heavy (non-hydrogen) atoms. The van der Waals surface area contributed by atoms with Crippen molar-refractivity contribution < 1.29 is 14.3 Å². The number of carbonyl (C=O) groups excluding carboxylic acids is 1. The Morgan fingerprint density at radius 2 is 1.97 bits per heavy atom. The summed E-state index contributed by atoms with van der Waals surface area (Å²) < 4.78 is 13.1. The average Bonchev–Trinajstić information content (AvgIpc) is 3.20. The van der Waals surface area contributed by atoms with Crippen LogP contribution in [-0.4, -0.2) is 49.1 Å². The lowest BCUT2D eigenvalue weighted by molar-refractivity contribution is 0.101. The first-order valence-corrected chi connectivity index (χ1v) is 11.5. The number of benzene rings is 2. The van der Waals surface area contributed by atoms with Crippen molar-refractivity contribution in [3.05, 3.63) is 65.5 Å². The predicted octanol–water partition coefficient (Wildman–Crippen LogP) is 5.26. The Morgan fingerprint density at radius 3 is 2.70 bits per heavy atom. The molecular formula is C27H33N3O3. The van der Waals surface area contributed by atoms with E-state index in [1.165, 1.54) is 11.3 Å². The highest BCUT2D eigenvalue weighted by atomic mass is 16.5. The number of hydrogen-bond donors (Lipinski definition) is 1. The van der Waals surface area contributed by atoms with Gasteiger partial charge in [0.25, 0.3) is 0 Å². The van der Waals surface area contributed by atoms with Crippen molar-refractivity contribution in [2.24, 2.45) is 0 Å². The third-order valence-electron chi connectivity index (χ3n) is 6.29. The third kappa shape index (κ3) is 5.06. The first-order valence-electron chi connectivity index (χ1n) is 11.5. The van der Waals surface area contributed by atoms with E-state index >= 15 is 0 Å². The number of ether oxygens (including phenoxy) is 2. The Kier molecular flexibility index (Phi) is 7.04. The molecule has 0 amide bonds. The SMILES string of the molecule is COc1ccc(NC2=CCCN(CCCn3cc(C(C)=O)c4cccc(OC)c43)C2)c(C)c1. The molecule has 1 aliphatic heterocycles. The van der Waals surface area contributed by atoms with Crippen LogP contribution in [0.4, 0.5) is 5.69 Å². The highest BCUT2D eigenvalue weighted by molar-refractivity contribution is 6.08. The van der Waals surface area contributed by atoms with Crippen LogP contribution in [0.1, 0.15) is 35.7 Å². The number of aryl methyl sites for hydroxylation is 2. The van der Waals surface area contributed by atoms with Gasteiger partial charge in [0.2, 0.25) is 0 Å². The molecule has 3 aromatic rings. The summed E-state index contributed by atoms with van der Waals surface area (Å²) in [6.07, 6.45) is 6.30. The molecule has 0 unspecified atom stereocenters. The fraction of sp³-hybridized carbons (Fsp3) is 0.370. The summed E-state index contributed by atoms with van der Waals surface area (Å²) in [7, 11) is 3.37. The Bertz CT molecular complexity index is 1180. The molecule has 6 nitrogen and oxygen atoms in total. The summed E-state index contributed by atoms with van der Waals surface area (Å²) in [6, 6.07) is 12.0. The van der Waals surface area contributed by atoms with Gasteiger partial charge in [0.15, 0.2) is 5.78 Å². The molecule has 174 valence electrons. The summed E-state index contributed by atoms with van der Waals surface area (Å²) in [5, 5.41) is 4.56. The van der Waals surface area contributed by atoms with Crippen molar-refractivity contribution in [1.82, 2.24) is 9.47 Å². The Labute approximate surface area is 195 Å². The van der Waals surface area contributed by atoms with Crippen LogP contribution >= 0.6 is 0 Å². The minimum atomic E-state index is 0.0812. The van der Waals surface area contributed by atoms with Gasteiger partial charge in [0.05, 0.1) is 19.7 Å². The number of ketones is 1. The lowest BCUT2D eigenvalue weighted by Crippen LogP contribution is -2.33. The molecular weight excluding hydrogens is 414 g/mol. The molecule has 1 aliphatic rings. The zero-order valence-corrected chi connectivity index (χ0v) is 20.0. The highest BCUT2D eigenvalue weighted by Crippen LogP contribution is 2.30. The number of fused-ring (bicyclic) bond motifs is 1. The number of para-hydroxylation sites is 1. The summed E-state index contributed by atoms with van der Waals surface area (Å²) >= 11 is 0. The second-order valence-corrected chi connectivity index (χ2v) is 8.60. The topological polar surface area (TPSA) is 55.7 Å². The van der Waals surface area contributed by atoms with Crippen molar-refractivity contribution in [2.75, 3.05) is 39.2 Å². The molecule has 2 heterocycles. The monoisotopic (exact) mass is 447 g/mol. The molecule has 0 saturated carbocycles. The average molecular weight is 448 g/mol. The van der Waals surface area contributed by atoms with Gasteiger partial charge in [-0.25, -0.2) is 0 Å². The van der Waals surface area contributed by atoms with Crippen LogP contribution < -0.4 is 14.8 Å². The molecule has 1 N–H and O–H groups in total. The van der Waals surface area contributed by atoms with E-state index in [0.717, 1.165) is 72.7 Å². The molecule has 0 radical (unpaired) electrons. The van der Waals surface area contributed by atoms with Gasteiger partial charge in [-0.1, -0.05) is 18.2 Å². The molecule has 0 saturated heterocycles. The van der Waals surface area contributed by atoms with Crippen molar-refractivity contribution in [2.45, 2.75) is 33.2 Å². The molecule has 0 bridgehead atoms. The minimum Gasteiger partial charge on any atom is -0.497 e. The molecule has 0 aliphatic carbocycles. The predicted molar refractivity (Wildman–Crippen MR) is 134 cm³/mol. The van der Waals surface area contributed by atoms with E-state index in [1.807, 2.05) is 30.5 Å². The number of anilines is 1. The maximum atomic E-state index is 12.2. The first-order chi connectivity index (χ1) is 16.0. The van der Waals surface area contributed by atoms with E-state index in [-0.39, 0.29) is 5.78 Å². The molecule has 1 aromatic heterocycles. The first kappa shape index (κ1) is 22.9. The number of Topliss-reactive ketones (excluding diaryl/α,β-unsaturated/α-hetero) is 1. The van der Waals surface area contributed by atoms with Gasteiger partial charge in [0, 0.05) is 54.7 Å². The van der Waals surface area contributed by atoms with E-state index in [2.05, 4.69) is 39.9 Å². The van der Waals surface area contributed by atoms with Gasteiger partial charge >= 0.3 is 0 Å². The maximum Gasteiger partial charge on any atom is 0.161 e. The lowest BCUT2D eigenvalue weighted by Gasteiger charge is -2.28. The Morgan fingerprint density at radius 1 is 1.12 bits per heavy atom. The van der Waals surface area contributed by atoms with Crippen LogP contribution in [0.3, 0.4) is 0 Å². The van der Waals surface area contributed by atoms with Gasteiger partial charge in [-0.2, -0.15) is 0 Å². The normalized spacial score (nSPS) is 14.2. The molecule has 0 spiro atoms. The molecule has 0 atom stereocenters. The van der Waals surface area contributed by atoms with Crippen molar-refractivity contribution in [1.29, 1.82) is 0 Å². The number of nitrogens with zero attached hydrogens (tertiary/aromatic N) is 2. The number of rotatable bonds is 9. The zero-order valence-electron chi connectivity index (χ0n) is 20.0. The number of hydrogen-bond acceptors (Lipinski definition) is 5. The van der Waals surface area contributed by atoms with Gasteiger partial charge in [-0.3, -0.25) is 9.69 Å². The smallest absolute Gasteiger partial charge is 0.161 e. The second-order valence-electron chi connectivity index (χ2n) is 8.60. The molecule has 0 fully saturated rings. The van der Waals surface area contributed by atoms with Crippen LogP contribution in [0.2, 0.25) is 0 Å². The van der Waals surface area contributed by atoms with Crippen LogP contribution in [0.25, 0.3) is 10.9 Å². The van der Waals surface area contributed by atoms with Crippen LogP contribution in [0, 0.1) is 6.92 Å². The van der Waals surface area contributed by atoms with Gasteiger partial charge in [0.1, 0.15) is 11.5 Å². The Balaban J connectivity index is 1.39. The van der Waals surface area contributed by atoms with Crippen LogP contribution in [0.5, 0.6) is 11.5 Å². The fourth-order valence-electron chi connectivity index (χ4n) is 4.58. The summed E-state index contributed by atoms with van der Waals surface area (Å²) in [4.78, 5) is 14.6. The number of nitrogens with one attached hydrogen (secondary N) is 1. The van der Waals surface area contributed by atoms with E-state index < -0.39 is 0 Å². The largest absolute Gasteiger partial charge is 0.497 e. The standard InChI is InChI=1S/C27H33N3O3/c1-19-16-22(32-3)11-12-25(19)28-21-8-6-13-29(17-21)14-7-15-30-18-24(20(2)31)23-9-5-10-26(33-4)27(23)30/h5,8-12,16,18,28H,6-7,13-15,17H2,1-4H3. The summed E-state index contributed by atoms with van der Waals surface area (Å²) in [6.45, 7) is 7.51. The number of aromatic nitrogens is 1. The van der Waals surface area contributed by atoms with Gasteiger partial charge in [-0.15, -0.1) is 0 Å². The number of methoxy groups -OCH3 is 2. The third-order valence-corrected chi connectivity index (χ3v) is 6.29. The van der Waals surface area contributed by atoms with Crippen molar-refractivity contribution in [3.63, 3.8) is 0 Å². The van der Waals surface area contributed by atoms with E-state index in [9.17, 15) is 4.79 Å². The van der Waals surface area contributed by atoms with Gasteiger partial charge < -0.3 is 19.4 Å². The number of carbonyl (C=O) groups is 1. The van der Waals surface area contributed by atoms with Crippen molar-refractivity contribution >= 4 is 22.4 Å². The van der Waals surface area contributed by atoms with E-state index in [1.54, 1.807) is 21.1 Å². The minimum absolute atomic E-state index is 0.0812. The second kappa shape index (κ2) is 10.1. The van der Waals surface area contributed by atoms with Gasteiger partial charge in [-0.05, 0) is 56.5 Å². The molecule has 4 rings (SSSR count). The molecule has 2 aromatic carbocycles. The van der Waals surface area contributed by atoms with E-state index in [4.69, 9.17) is 9.47 Å². The Hall–Kier alpha value is -3.25. The lowest BCUT2D eigenvalue weighted by atomic mass is 10.1. The summed E-state index contributed by atoms with van der Waals surface area (Å²) in [5.41, 5.74) is 5.28. The quantitative estimate of drug-likeness (QED) is 0.454. The zero-order chi connectivity index (χ0) is 23.4. The van der Waals surface area contributed by atoms with Crippen molar-refractivity contribution in [3.8, 4) is 11.5 Å². The fourth-order valence-corrected chi connectivity index (χ4v) is 4.58. The highest BCUT2D eigenvalue weighted by Gasteiger charge is 2.17. The van der Waals surface area contributed by atoms with Crippen LogP contribution in [0.15, 0.2) is 54.4 Å². The maximum absolute atomic E-state index is 12.2. The summed E-state index contributed by atoms with van der Waals surface area (Å²) in [5.74, 6) is 1.76. The van der Waals surface area contributed by atoms with Crippen LogP contribution in [-0.2, 0) is 6.54 Å². The molecule has 6 heteroatoms. The van der Waals surface area contributed by atoms with E-state index in [0.29, 0.717) is 0 Å².